The van der Waals surface area contributed by atoms with Gasteiger partial charge in [-0.2, -0.15) is 0 Å². The zero-order valence-corrected chi connectivity index (χ0v) is 13.3. The monoisotopic (exact) mass is 280 g/mol. The third-order valence-corrected chi connectivity index (χ3v) is 5.24. The van der Waals surface area contributed by atoms with Crippen LogP contribution < -0.4 is 4.74 Å². The van der Waals surface area contributed by atoms with Gasteiger partial charge in [-0.1, -0.05) is 38.8 Å². The average molecular weight is 281 g/mol. The van der Waals surface area contributed by atoms with Crippen molar-refractivity contribution in [2.45, 2.75) is 51.8 Å². The molecule has 19 heavy (non-hydrogen) atoms. The van der Waals surface area contributed by atoms with Gasteiger partial charge in [-0.25, -0.2) is 0 Å². The molecule has 0 amide bonds. The highest BCUT2D eigenvalue weighted by molar-refractivity contribution is 6.21. The van der Waals surface area contributed by atoms with Crippen LogP contribution in [0.1, 0.15) is 56.0 Å². The zero-order valence-electron chi connectivity index (χ0n) is 12.5. The second-order valence-corrected chi connectivity index (χ2v) is 6.94. The molecule has 2 heteroatoms. The Morgan fingerprint density at radius 2 is 2.05 bits per heavy atom. The minimum atomic E-state index is 0.111. The normalized spacial score (nSPS) is 23.9. The molecule has 1 aliphatic rings. The van der Waals surface area contributed by atoms with E-state index in [9.17, 15) is 0 Å². The van der Waals surface area contributed by atoms with Gasteiger partial charge in [0.1, 0.15) is 5.75 Å². The number of halogens is 1. The van der Waals surface area contributed by atoms with E-state index in [1.165, 1.54) is 36.8 Å². The van der Waals surface area contributed by atoms with Crippen molar-refractivity contribution in [3.05, 3.63) is 29.3 Å². The van der Waals surface area contributed by atoms with Crippen molar-refractivity contribution >= 4 is 11.6 Å². The van der Waals surface area contributed by atoms with E-state index in [2.05, 4.69) is 32.9 Å². The highest BCUT2D eigenvalue weighted by Crippen LogP contribution is 2.49. The summed E-state index contributed by atoms with van der Waals surface area (Å²) >= 11 is 6.80. The minimum absolute atomic E-state index is 0.111. The lowest BCUT2D eigenvalue weighted by atomic mass is 9.66. The van der Waals surface area contributed by atoms with E-state index in [1.54, 1.807) is 7.11 Å². The van der Waals surface area contributed by atoms with E-state index in [4.69, 9.17) is 16.3 Å². The first-order valence-electron chi connectivity index (χ1n) is 7.24. The van der Waals surface area contributed by atoms with Gasteiger partial charge >= 0.3 is 0 Å². The van der Waals surface area contributed by atoms with Crippen molar-refractivity contribution in [2.24, 2.45) is 11.3 Å². The maximum absolute atomic E-state index is 6.80. The predicted octanol–water partition coefficient (Wildman–Crippen LogP) is 5.50. The van der Waals surface area contributed by atoms with Gasteiger partial charge in [0, 0.05) is 0 Å². The molecule has 2 atom stereocenters. The maximum atomic E-state index is 6.80. The predicted molar refractivity (Wildman–Crippen MR) is 82.1 cm³/mol. The van der Waals surface area contributed by atoms with Gasteiger partial charge in [-0.05, 0) is 48.3 Å². The summed E-state index contributed by atoms with van der Waals surface area (Å²) in [5, 5.41) is 0.111. The lowest BCUT2D eigenvalue weighted by Gasteiger charge is -2.41. The van der Waals surface area contributed by atoms with Crippen LogP contribution >= 0.6 is 11.6 Å². The lowest BCUT2D eigenvalue weighted by molar-refractivity contribution is 0.133. The van der Waals surface area contributed by atoms with Crippen LogP contribution in [0.15, 0.2) is 18.2 Å². The zero-order chi connectivity index (χ0) is 14.0. The number of benzene rings is 1. The molecule has 2 unspecified atom stereocenters. The van der Waals surface area contributed by atoms with E-state index in [0.717, 1.165) is 5.75 Å². The second kappa shape index (κ2) is 5.75. The van der Waals surface area contributed by atoms with Crippen LogP contribution in [0.3, 0.4) is 0 Å². The molecular formula is C17H25ClO. The summed E-state index contributed by atoms with van der Waals surface area (Å²) in [6.45, 7) is 6.81. The third kappa shape index (κ3) is 3.08. The van der Waals surface area contributed by atoms with Crippen LogP contribution in [0.5, 0.6) is 5.75 Å². The Labute approximate surface area is 122 Å². The highest BCUT2D eigenvalue weighted by Gasteiger charge is 2.37. The molecule has 1 saturated carbocycles. The quantitative estimate of drug-likeness (QED) is 0.664. The Kier molecular flexibility index (Phi) is 4.45. The van der Waals surface area contributed by atoms with Crippen molar-refractivity contribution in [3.63, 3.8) is 0 Å². The molecular weight excluding hydrogens is 256 g/mol. The van der Waals surface area contributed by atoms with E-state index >= 15 is 0 Å². The van der Waals surface area contributed by atoms with Gasteiger partial charge in [0.15, 0.2) is 0 Å². The Bertz CT molecular complexity index is 439. The molecule has 0 saturated heterocycles. The first-order valence-corrected chi connectivity index (χ1v) is 7.68. The number of ether oxygens (including phenoxy) is 1. The molecule has 1 fully saturated rings. The molecule has 0 spiro atoms. The van der Waals surface area contributed by atoms with Crippen molar-refractivity contribution in [2.75, 3.05) is 7.11 Å². The average Bonchev–Trinajstić information content (AvgIpc) is 2.37. The molecule has 106 valence electrons. The van der Waals surface area contributed by atoms with Crippen LogP contribution in [0, 0.1) is 18.3 Å². The van der Waals surface area contributed by atoms with Gasteiger partial charge in [0.05, 0.1) is 12.5 Å². The summed E-state index contributed by atoms with van der Waals surface area (Å²) in [6.07, 6.45) is 5.18. The molecule has 1 aromatic carbocycles. The van der Waals surface area contributed by atoms with Crippen molar-refractivity contribution < 1.29 is 4.74 Å². The first-order chi connectivity index (χ1) is 8.95. The third-order valence-electron chi connectivity index (χ3n) is 4.68. The highest BCUT2D eigenvalue weighted by atomic mass is 35.5. The number of methoxy groups -OCH3 is 1. The Morgan fingerprint density at radius 3 is 2.63 bits per heavy atom. The molecule has 0 aromatic heterocycles. The summed E-state index contributed by atoms with van der Waals surface area (Å²) in [5.41, 5.74) is 2.75. The molecule has 1 nitrogen and oxygen atoms in total. The Hall–Kier alpha value is -0.690. The fourth-order valence-corrected chi connectivity index (χ4v) is 3.97. The van der Waals surface area contributed by atoms with Crippen LogP contribution in [0.25, 0.3) is 0 Å². The molecule has 1 aliphatic carbocycles. The maximum Gasteiger partial charge on any atom is 0.121 e. The minimum Gasteiger partial charge on any atom is -0.496 e. The van der Waals surface area contributed by atoms with Crippen molar-refractivity contribution in [1.29, 1.82) is 0 Å². The summed E-state index contributed by atoms with van der Waals surface area (Å²) < 4.78 is 5.32. The largest absolute Gasteiger partial charge is 0.496 e. The van der Waals surface area contributed by atoms with Gasteiger partial charge in [0.2, 0.25) is 0 Å². The lowest BCUT2D eigenvalue weighted by Crippen LogP contribution is -2.30. The fourth-order valence-electron chi connectivity index (χ4n) is 3.37. The van der Waals surface area contributed by atoms with Crippen LogP contribution in [0.2, 0.25) is 0 Å². The van der Waals surface area contributed by atoms with Crippen molar-refractivity contribution in [1.82, 2.24) is 0 Å². The smallest absolute Gasteiger partial charge is 0.121 e. The SMILES string of the molecule is COc1ccc(C(Cl)C2CCCCC2(C)C)cc1C. The van der Waals surface area contributed by atoms with Gasteiger partial charge < -0.3 is 4.74 Å². The molecule has 0 radical (unpaired) electrons. The van der Waals surface area contributed by atoms with E-state index in [0.29, 0.717) is 11.3 Å². The van der Waals surface area contributed by atoms with Crippen LogP contribution in [-0.4, -0.2) is 7.11 Å². The van der Waals surface area contributed by atoms with Crippen LogP contribution in [0.4, 0.5) is 0 Å². The molecule has 0 aliphatic heterocycles. The summed E-state index contributed by atoms with van der Waals surface area (Å²) in [6, 6.07) is 6.34. The van der Waals surface area contributed by atoms with Crippen molar-refractivity contribution in [3.8, 4) is 5.75 Å². The molecule has 1 aromatic rings. The summed E-state index contributed by atoms with van der Waals surface area (Å²) in [4.78, 5) is 0. The number of alkyl halides is 1. The fraction of sp³-hybridized carbons (Fsp3) is 0.647. The summed E-state index contributed by atoms with van der Waals surface area (Å²) in [7, 11) is 1.71. The second-order valence-electron chi connectivity index (χ2n) is 6.47. The van der Waals surface area contributed by atoms with E-state index < -0.39 is 0 Å². The van der Waals surface area contributed by atoms with Gasteiger partial charge in [-0.3, -0.25) is 0 Å². The molecule has 0 bridgehead atoms. The van der Waals surface area contributed by atoms with Crippen LogP contribution in [-0.2, 0) is 0 Å². The number of hydrogen-bond acceptors (Lipinski definition) is 1. The first kappa shape index (κ1) is 14.7. The molecule has 2 rings (SSSR count). The number of aryl methyl sites for hydroxylation is 1. The molecule has 0 N–H and O–H groups in total. The molecule has 0 heterocycles. The van der Waals surface area contributed by atoms with Gasteiger partial charge in [-0.15, -0.1) is 11.6 Å². The topological polar surface area (TPSA) is 9.23 Å². The summed E-state index contributed by atoms with van der Waals surface area (Å²) in [5.74, 6) is 1.51. The van der Waals surface area contributed by atoms with E-state index in [1.807, 2.05) is 6.07 Å². The van der Waals surface area contributed by atoms with E-state index in [-0.39, 0.29) is 5.38 Å². The van der Waals surface area contributed by atoms with Gasteiger partial charge in [0.25, 0.3) is 0 Å². The number of rotatable bonds is 3. The standard InChI is InChI=1S/C17H25ClO/c1-12-11-13(8-9-15(12)19-4)16(18)14-7-5-6-10-17(14,2)3/h8-9,11,14,16H,5-7,10H2,1-4H3. The number of hydrogen-bond donors (Lipinski definition) is 0. The Morgan fingerprint density at radius 1 is 1.32 bits per heavy atom. The Balaban J connectivity index is 2.23.